The maximum atomic E-state index is 9.88. The van der Waals surface area contributed by atoms with Crippen molar-refractivity contribution in [1.82, 2.24) is 0 Å². The molecule has 0 saturated carbocycles. The van der Waals surface area contributed by atoms with Gasteiger partial charge in [-0.05, 0) is 30.1 Å². The highest BCUT2D eigenvalue weighted by atomic mass is 16.7. The summed E-state index contributed by atoms with van der Waals surface area (Å²) in [6, 6.07) is 0. The third-order valence-electron chi connectivity index (χ3n) is 6.61. The van der Waals surface area contributed by atoms with Crippen LogP contribution in [0.25, 0.3) is 0 Å². The molecule has 0 bridgehead atoms. The summed E-state index contributed by atoms with van der Waals surface area (Å²) in [5, 5.41) is 29.0. The molecule has 3 unspecified atom stereocenters. The second-order valence-corrected chi connectivity index (χ2v) is 10.4. The van der Waals surface area contributed by atoms with Gasteiger partial charge in [0.2, 0.25) is 0 Å². The molecule has 180 valence electrons. The van der Waals surface area contributed by atoms with Crippen LogP contribution in [0, 0.1) is 23.7 Å². The summed E-state index contributed by atoms with van der Waals surface area (Å²) in [6.07, 6.45) is 8.56. The quantitative estimate of drug-likeness (QED) is 0.324. The van der Waals surface area contributed by atoms with Gasteiger partial charge in [0, 0.05) is 0 Å². The number of aliphatic hydroxyl groups excluding tert-OH is 3. The summed E-state index contributed by atoms with van der Waals surface area (Å²) < 4.78 is 10.9. The number of aliphatic hydroxyl groups is 3. The topological polar surface area (TPSA) is 79.2 Å². The van der Waals surface area contributed by atoms with Gasteiger partial charge >= 0.3 is 0 Å². The Labute approximate surface area is 185 Å². The van der Waals surface area contributed by atoms with Gasteiger partial charge in [0.25, 0.3) is 0 Å². The molecule has 0 aromatic heterocycles. The molecule has 1 heterocycles. The average molecular weight is 431 g/mol. The first-order valence-electron chi connectivity index (χ1n) is 12.5. The van der Waals surface area contributed by atoms with Crippen molar-refractivity contribution in [2.45, 2.75) is 123 Å². The Balaban J connectivity index is 2.02. The molecule has 0 spiro atoms. The van der Waals surface area contributed by atoms with Crippen LogP contribution in [0.15, 0.2) is 0 Å². The minimum Gasteiger partial charge on any atom is -0.388 e. The normalized spacial score (nSPS) is 27.9. The first kappa shape index (κ1) is 27.8. The molecule has 1 aliphatic rings. The maximum Gasteiger partial charge on any atom is 0.186 e. The first-order chi connectivity index (χ1) is 14.2. The molecule has 5 heteroatoms. The highest BCUT2D eigenvalue weighted by Gasteiger charge is 2.38. The zero-order valence-corrected chi connectivity index (χ0v) is 20.3. The summed E-state index contributed by atoms with van der Waals surface area (Å²) in [5.41, 5.74) is 0. The van der Waals surface area contributed by atoms with Gasteiger partial charge in [-0.15, -0.1) is 0 Å². The molecule has 0 aliphatic carbocycles. The lowest BCUT2D eigenvalue weighted by Gasteiger charge is -2.35. The van der Waals surface area contributed by atoms with E-state index < -0.39 is 24.6 Å². The molecule has 1 fully saturated rings. The summed E-state index contributed by atoms with van der Waals surface area (Å²) in [7, 11) is 0. The zero-order chi connectivity index (χ0) is 22.5. The Morgan fingerprint density at radius 1 is 0.700 bits per heavy atom. The van der Waals surface area contributed by atoms with Gasteiger partial charge in [0.05, 0.1) is 13.2 Å². The van der Waals surface area contributed by atoms with Crippen molar-refractivity contribution in [3.05, 3.63) is 0 Å². The van der Waals surface area contributed by atoms with Crippen molar-refractivity contribution in [1.29, 1.82) is 0 Å². The predicted octanol–water partition coefficient (Wildman–Crippen LogP) is 4.91. The monoisotopic (exact) mass is 430 g/mol. The van der Waals surface area contributed by atoms with Gasteiger partial charge in [-0.3, -0.25) is 0 Å². The minimum absolute atomic E-state index is 0.00689. The zero-order valence-electron chi connectivity index (χ0n) is 20.3. The number of ether oxygens (including phenoxy) is 2. The molecule has 5 nitrogen and oxygen atoms in total. The van der Waals surface area contributed by atoms with Gasteiger partial charge in [-0.2, -0.15) is 0 Å². The lowest BCUT2D eigenvalue weighted by Crippen LogP contribution is -2.53. The molecule has 30 heavy (non-hydrogen) atoms. The van der Waals surface area contributed by atoms with E-state index in [0.29, 0.717) is 12.5 Å². The van der Waals surface area contributed by atoms with E-state index in [0.717, 1.165) is 24.2 Å². The molecule has 0 amide bonds. The fourth-order valence-corrected chi connectivity index (χ4v) is 4.25. The van der Waals surface area contributed by atoms with E-state index in [2.05, 4.69) is 34.6 Å². The molecule has 0 aromatic carbocycles. The fraction of sp³-hybridized carbons (Fsp3) is 1.00. The summed E-state index contributed by atoms with van der Waals surface area (Å²) in [5.74, 6) is 3.07. The van der Waals surface area contributed by atoms with Gasteiger partial charge in [-0.25, -0.2) is 0 Å². The molecule has 0 radical (unpaired) electrons. The number of hydrogen-bond acceptors (Lipinski definition) is 5. The first-order valence-corrected chi connectivity index (χ1v) is 12.5. The van der Waals surface area contributed by atoms with Crippen molar-refractivity contribution in [2.24, 2.45) is 23.7 Å². The van der Waals surface area contributed by atoms with Crippen molar-refractivity contribution in [3.63, 3.8) is 0 Å². The Bertz CT molecular complexity index is 416. The summed E-state index contributed by atoms with van der Waals surface area (Å²) in [4.78, 5) is 0. The fourth-order valence-electron chi connectivity index (χ4n) is 4.25. The van der Waals surface area contributed by atoms with Crippen LogP contribution in [0.2, 0.25) is 0 Å². The number of hydrogen-bond donors (Lipinski definition) is 3. The second kappa shape index (κ2) is 15.6. The standard InChI is InChI=1S/C25H50O5/c1-18(2)9-6-10-19(3)11-7-12-20(4)13-8-14-21(5)15-16-29-25-24(28)23(27)22(26)17-30-25/h18-28H,6-17H2,1-5H3/t19-,20-,21?,22?,23-,24?,25+/m0/s1. The van der Waals surface area contributed by atoms with E-state index in [1.54, 1.807) is 0 Å². The molecule has 1 rings (SSSR count). The van der Waals surface area contributed by atoms with Crippen LogP contribution in [0.3, 0.4) is 0 Å². The van der Waals surface area contributed by atoms with Crippen molar-refractivity contribution >= 4 is 0 Å². The van der Waals surface area contributed by atoms with Gasteiger partial charge in [0.1, 0.15) is 18.3 Å². The molecule has 7 atom stereocenters. The molecule has 1 saturated heterocycles. The van der Waals surface area contributed by atoms with E-state index >= 15 is 0 Å². The van der Waals surface area contributed by atoms with Gasteiger partial charge in [0.15, 0.2) is 6.29 Å². The highest BCUT2D eigenvalue weighted by Crippen LogP contribution is 2.23. The average Bonchev–Trinajstić information content (AvgIpc) is 2.67. The summed E-state index contributed by atoms with van der Waals surface area (Å²) >= 11 is 0. The smallest absolute Gasteiger partial charge is 0.186 e. The Morgan fingerprint density at radius 3 is 1.67 bits per heavy atom. The molecule has 0 aromatic rings. The van der Waals surface area contributed by atoms with E-state index in [9.17, 15) is 15.3 Å². The van der Waals surface area contributed by atoms with E-state index in [1.807, 2.05) is 0 Å². The minimum atomic E-state index is -1.20. The largest absolute Gasteiger partial charge is 0.388 e. The number of rotatable bonds is 16. The van der Waals surface area contributed by atoms with E-state index in [1.165, 1.54) is 57.8 Å². The lowest BCUT2D eigenvalue weighted by atomic mass is 9.91. The maximum absolute atomic E-state index is 9.88. The Kier molecular flexibility index (Phi) is 14.5. The van der Waals surface area contributed by atoms with Crippen LogP contribution in [0.5, 0.6) is 0 Å². The Morgan fingerprint density at radius 2 is 1.17 bits per heavy atom. The lowest BCUT2D eigenvalue weighted by molar-refractivity contribution is -0.270. The molecular formula is C25H50O5. The van der Waals surface area contributed by atoms with Crippen LogP contribution in [0.1, 0.15) is 98.8 Å². The third kappa shape index (κ3) is 12.0. The van der Waals surface area contributed by atoms with E-state index in [-0.39, 0.29) is 6.61 Å². The van der Waals surface area contributed by atoms with E-state index in [4.69, 9.17) is 9.47 Å². The Hall–Kier alpha value is -0.200. The van der Waals surface area contributed by atoms with Crippen molar-refractivity contribution < 1.29 is 24.8 Å². The van der Waals surface area contributed by atoms with Crippen LogP contribution in [0.4, 0.5) is 0 Å². The van der Waals surface area contributed by atoms with Crippen molar-refractivity contribution in [2.75, 3.05) is 13.2 Å². The molecule has 3 N–H and O–H groups in total. The van der Waals surface area contributed by atoms with Crippen LogP contribution < -0.4 is 0 Å². The van der Waals surface area contributed by atoms with Gasteiger partial charge < -0.3 is 24.8 Å². The van der Waals surface area contributed by atoms with Gasteiger partial charge in [-0.1, -0.05) is 92.4 Å². The predicted molar refractivity (Wildman–Crippen MR) is 122 cm³/mol. The third-order valence-corrected chi connectivity index (χ3v) is 6.61. The van der Waals surface area contributed by atoms with Crippen LogP contribution in [-0.2, 0) is 9.47 Å². The molecule has 1 aliphatic heterocycles. The van der Waals surface area contributed by atoms with Crippen LogP contribution in [-0.4, -0.2) is 53.1 Å². The SMILES string of the molecule is CC(C)CCC[C@H](C)CCC[C@H](C)CCCC(C)CCO[C@@H]1OCC(O)[C@H](O)C1O. The highest BCUT2D eigenvalue weighted by molar-refractivity contribution is 4.82. The summed E-state index contributed by atoms with van der Waals surface area (Å²) in [6.45, 7) is 12.2. The second-order valence-electron chi connectivity index (χ2n) is 10.4. The van der Waals surface area contributed by atoms with Crippen molar-refractivity contribution in [3.8, 4) is 0 Å². The van der Waals surface area contributed by atoms with Crippen LogP contribution >= 0.6 is 0 Å². The molecular weight excluding hydrogens is 380 g/mol.